The van der Waals surface area contributed by atoms with Crippen LogP contribution in [0.2, 0.25) is 0 Å². The van der Waals surface area contributed by atoms with Gasteiger partial charge in [-0.25, -0.2) is 14.8 Å². The average Bonchev–Trinajstić information content (AvgIpc) is 3.16. The van der Waals surface area contributed by atoms with E-state index in [1.807, 2.05) is 0 Å². The number of carbonyl (C=O) groups excluding carboxylic acids is 3. The monoisotopic (exact) mass is 417 g/mol. The summed E-state index contributed by atoms with van der Waals surface area (Å²) in [5, 5.41) is 2.76. The van der Waals surface area contributed by atoms with E-state index in [2.05, 4.69) is 20.9 Å². The van der Waals surface area contributed by atoms with Crippen LogP contribution in [0.25, 0.3) is 0 Å². The summed E-state index contributed by atoms with van der Waals surface area (Å²) in [5.41, 5.74) is 0.706. The van der Waals surface area contributed by atoms with Crippen molar-refractivity contribution in [3.05, 3.63) is 63.9 Å². The number of benzene rings is 1. The summed E-state index contributed by atoms with van der Waals surface area (Å²) in [6, 6.07) is 8.35. The number of ether oxygens (including phenoxy) is 1. The lowest BCUT2D eigenvalue weighted by Crippen LogP contribution is -2.45. The quantitative estimate of drug-likeness (QED) is 0.716. The molecular formula is C18H16BrN3O4. The highest BCUT2D eigenvalue weighted by Gasteiger charge is 2.33. The zero-order chi connectivity index (χ0) is 18.7. The summed E-state index contributed by atoms with van der Waals surface area (Å²) >= 11 is 3.33. The number of hydrogen-bond donors (Lipinski definition) is 0. The van der Waals surface area contributed by atoms with Gasteiger partial charge in [0.2, 0.25) is 0 Å². The molecule has 0 spiro atoms. The number of hydrazine groups is 1. The largest absolute Gasteiger partial charge is 0.465 e. The Morgan fingerprint density at radius 1 is 1.00 bits per heavy atom. The minimum absolute atomic E-state index is 0.106. The summed E-state index contributed by atoms with van der Waals surface area (Å²) in [5.74, 6) is -1.35. The maximum absolute atomic E-state index is 13.0. The maximum Gasteiger partial charge on any atom is 0.338 e. The van der Waals surface area contributed by atoms with Crippen molar-refractivity contribution in [2.45, 2.75) is 6.42 Å². The Hall–Kier alpha value is -2.74. The molecule has 3 rings (SSSR count). The van der Waals surface area contributed by atoms with Crippen molar-refractivity contribution in [1.29, 1.82) is 0 Å². The van der Waals surface area contributed by atoms with Crippen LogP contribution in [0.3, 0.4) is 0 Å². The second kappa shape index (κ2) is 7.65. The highest BCUT2D eigenvalue weighted by Crippen LogP contribution is 2.21. The minimum atomic E-state index is -0.624. The van der Waals surface area contributed by atoms with E-state index < -0.39 is 11.9 Å². The summed E-state index contributed by atoms with van der Waals surface area (Å²) in [6.45, 7) is 0.811. The maximum atomic E-state index is 13.0. The lowest BCUT2D eigenvalue weighted by Gasteiger charge is -2.28. The van der Waals surface area contributed by atoms with Crippen LogP contribution in [0.5, 0.6) is 0 Å². The Balaban J connectivity index is 1.89. The second-order valence-corrected chi connectivity index (χ2v) is 6.55. The molecule has 1 aromatic carbocycles. The van der Waals surface area contributed by atoms with Crippen LogP contribution in [-0.4, -0.2) is 53.0 Å². The Morgan fingerprint density at radius 3 is 2.31 bits per heavy atom. The number of nitrogens with zero attached hydrogens (tertiary/aromatic N) is 3. The molecule has 1 saturated heterocycles. The van der Waals surface area contributed by atoms with Gasteiger partial charge in [-0.3, -0.25) is 14.6 Å². The molecule has 2 amide bonds. The van der Waals surface area contributed by atoms with Crippen molar-refractivity contribution in [3.63, 3.8) is 0 Å². The first-order valence-corrected chi connectivity index (χ1v) is 8.73. The van der Waals surface area contributed by atoms with E-state index in [0.717, 1.165) is 4.47 Å². The fraction of sp³-hybridized carbons (Fsp3) is 0.222. The molecule has 0 bridgehead atoms. The molecule has 134 valence electrons. The number of rotatable bonds is 3. The molecule has 0 atom stereocenters. The molecule has 1 aliphatic heterocycles. The van der Waals surface area contributed by atoms with Gasteiger partial charge in [-0.2, -0.15) is 0 Å². The lowest BCUT2D eigenvalue weighted by atomic mass is 10.1. The second-order valence-electron chi connectivity index (χ2n) is 5.63. The van der Waals surface area contributed by atoms with Gasteiger partial charge in [0, 0.05) is 35.5 Å². The number of amides is 2. The standard InChI is InChI=1S/C18H16BrN3O4/c1-26-18(25)14-7-8-20-11-15(14)17(24)22-10-2-9-21(22)16(23)12-3-5-13(19)6-4-12/h3-8,11H,2,9-10H2,1H3. The molecule has 0 unspecified atom stereocenters. The minimum Gasteiger partial charge on any atom is -0.465 e. The predicted octanol–water partition coefficient (Wildman–Crippen LogP) is 2.53. The number of halogens is 1. The van der Waals surface area contributed by atoms with Crippen LogP contribution in [0.15, 0.2) is 47.2 Å². The van der Waals surface area contributed by atoms with Crippen molar-refractivity contribution in [3.8, 4) is 0 Å². The van der Waals surface area contributed by atoms with E-state index in [9.17, 15) is 14.4 Å². The molecule has 2 aromatic rings. The van der Waals surface area contributed by atoms with Gasteiger partial charge in [0.25, 0.3) is 11.8 Å². The normalized spacial score (nSPS) is 13.6. The van der Waals surface area contributed by atoms with Gasteiger partial charge in [-0.05, 0) is 36.8 Å². The van der Waals surface area contributed by atoms with E-state index in [1.165, 1.54) is 35.6 Å². The fourth-order valence-corrected chi connectivity index (χ4v) is 3.03. The van der Waals surface area contributed by atoms with E-state index in [1.54, 1.807) is 24.3 Å². The summed E-state index contributed by atoms with van der Waals surface area (Å²) in [7, 11) is 1.25. The van der Waals surface area contributed by atoms with Crippen LogP contribution in [-0.2, 0) is 4.74 Å². The number of hydrogen-bond acceptors (Lipinski definition) is 5. The van der Waals surface area contributed by atoms with E-state index in [-0.39, 0.29) is 17.0 Å². The third-order valence-electron chi connectivity index (χ3n) is 4.05. The summed E-state index contributed by atoms with van der Waals surface area (Å²) < 4.78 is 5.58. The SMILES string of the molecule is COC(=O)c1ccncc1C(=O)N1CCCN1C(=O)c1ccc(Br)cc1. The zero-order valence-electron chi connectivity index (χ0n) is 14.0. The number of methoxy groups -OCH3 is 1. The van der Waals surface area contributed by atoms with Crippen LogP contribution >= 0.6 is 15.9 Å². The van der Waals surface area contributed by atoms with Crippen LogP contribution in [0.1, 0.15) is 37.5 Å². The van der Waals surface area contributed by atoms with Crippen molar-refractivity contribution in [2.75, 3.05) is 20.2 Å². The van der Waals surface area contributed by atoms with Gasteiger partial charge in [0.05, 0.1) is 18.2 Å². The first-order chi connectivity index (χ1) is 12.5. The van der Waals surface area contributed by atoms with Gasteiger partial charge in [0.1, 0.15) is 0 Å². The molecule has 1 aliphatic rings. The molecule has 1 fully saturated rings. The topological polar surface area (TPSA) is 79.8 Å². The average molecular weight is 418 g/mol. The van der Waals surface area contributed by atoms with Crippen molar-refractivity contribution >= 4 is 33.7 Å². The number of esters is 1. The van der Waals surface area contributed by atoms with Gasteiger partial charge in [-0.15, -0.1) is 0 Å². The first kappa shape index (κ1) is 18.1. The molecule has 26 heavy (non-hydrogen) atoms. The summed E-state index contributed by atoms with van der Waals surface area (Å²) in [6.07, 6.45) is 3.38. The molecule has 0 aliphatic carbocycles. The molecule has 0 N–H and O–H groups in total. The predicted molar refractivity (Wildman–Crippen MR) is 96.4 cm³/mol. The Bertz CT molecular complexity index is 854. The zero-order valence-corrected chi connectivity index (χ0v) is 15.6. The highest BCUT2D eigenvalue weighted by molar-refractivity contribution is 9.10. The smallest absolute Gasteiger partial charge is 0.338 e. The van der Waals surface area contributed by atoms with Crippen LogP contribution < -0.4 is 0 Å². The van der Waals surface area contributed by atoms with Gasteiger partial charge >= 0.3 is 5.97 Å². The van der Waals surface area contributed by atoms with Crippen LogP contribution in [0.4, 0.5) is 0 Å². The third kappa shape index (κ3) is 3.45. The fourth-order valence-electron chi connectivity index (χ4n) is 2.77. The highest BCUT2D eigenvalue weighted by atomic mass is 79.9. The molecule has 8 heteroatoms. The molecule has 0 saturated carbocycles. The van der Waals surface area contributed by atoms with Gasteiger partial charge < -0.3 is 4.74 Å². The van der Waals surface area contributed by atoms with Crippen molar-refractivity contribution < 1.29 is 19.1 Å². The van der Waals surface area contributed by atoms with Crippen molar-refractivity contribution in [2.24, 2.45) is 0 Å². The first-order valence-electron chi connectivity index (χ1n) is 7.94. The van der Waals surface area contributed by atoms with Gasteiger partial charge in [0.15, 0.2) is 0 Å². The number of pyridine rings is 1. The van der Waals surface area contributed by atoms with E-state index in [4.69, 9.17) is 4.74 Å². The number of carbonyl (C=O) groups is 3. The van der Waals surface area contributed by atoms with Gasteiger partial charge in [-0.1, -0.05) is 15.9 Å². The van der Waals surface area contributed by atoms with E-state index in [0.29, 0.717) is 25.1 Å². The lowest BCUT2D eigenvalue weighted by molar-refractivity contribution is 0.0184. The van der Waals surface area contributed by atoms with Crippen LogP contribution in [0, 0.1) is 0 Å². The molecule has 7 nitrogen and oxygen atoms in total. The molecule has 1 aromatic heterocycles. The Kier molecular flexibility index (Phi) is 5.32. The third-order valence-corrected chi connectivity index (χ3v) is 4.58. The summed E-state index contributed by atoms with van der Waals surface area (Å²) in [4.78, 5) is 41.6. The molecular weight excluding hydrogens is 402 g/mol. The van der Waals surface area contributed by atoms with E-state index >= 15 is 0 Å². The molecule has 0 radical (unpaired) electrons. The Labute approximate surface area is 158 Å². The molecule has 2 heterocycles. The Morgan fingerprint density at radius 2 is 1.65 bits per heavy atom. The number of aromatic nitrogens is 1. The van der Waals surface area contributed by atoms with Crippen molar-refractivity contribution in [1.82, 2.24) is 15.0 Å².